The topological polar surface area (TPSA) is 71.8 Å². The number of hydrogen-bond acceptors (Lipinski definition) is 5. The highest BCUT2D eigenvalue weighted by Crippen LogP contribution is 2.31. The van der Waals surface area contributed by atoms with Gasteiger partial charge >= 0.3 is 0 Å². The molecule has 1 aromatic carbocycles. The lowest BCUT2D eigenvalue weighted by Crippen LogP contribution is -2.28. The van der Waals surface area contributed by atoms with Crippen molar-refractivity contribution in [2.75, 3.05) is 18.4 Å². The highest BCUT2D eigenvalue weighted by atomic mass is 32.1. The van der Waals surface area contributed by atoms with Crippen LogP contribution < -0.4 is 10.6 Å². The number of rotatable bonds is 5. The number of thiazole rings is 1. The Morgan fingerprint density at radius 3 is 2.96 bits per heavy atom. The molecule has 0 bridgehead atoms. The van der Waals surface area contributed by atoms with Crippen LogP contribution in [0.2, 0.25) is 0 Å². The van der Waals surface area contributed by atoms with Crippen LogP contribution in [0.5, 0.6) is 0 Å². The summed E-state index contributed by atoms with van der Waals surface area (Å²) in [5, 5.41) is 11.0. The molecule has 0 aliphatic carbocycles. The molecule has 3 aromatic rings. The summed E-state index contributed by atoms with van der Waals surface area (Å²) in [6.07, 6.45) is 4.24. The second-order valence-corrected chi connectivity index (χ2v) is 8.19. The van der Waals surface area contributed by atoms with Gasteiger partial charge in [-0.25, -0.2) is 9.37 Å². The van der Waals surface area contributed by atoms with Gasteiger partial charge in [-0.3, -0.25) is 9.48 Å². The van der Waals surface area contributed by atoms with Gasteiger partial charge in [-0.2, -0.15) is 5.10 Å². The van der Waals surface area contributed by atoms with E-state index in [1.54, 1.807) is 16.8 Å². The first-order valence-electron chi connectivity index (χ1n) is 9.21. The van der Waals surface area contributed by atoms with E-state index in [0.717, 1.165) is 22.7 Å². The van der Waals surface area contributed by atoms with Crippen LogP contribution >= 0.6 is 11.3 Å². The SMILES string of the molecule is Cc1nc(NC(=O)[C@H]2CNC[C@@H]2c2cnn(C)c2)sc1Cc1ccccc1F. The molecule has 0 saturated carbocycles. The maximum atomic E-state index is 13.9. The van der Waals surface area contributed by atoms with Crippen LogP contribution in [-0.4, -0.2) is 33.8 Å². The summed E-state index contributed by atoms with van der Waals surface area (Å²) >= 11 is 1.40. The summed E-state index contributed by atoms with van der Waals surface area (Å²) in [5.74, 6) is -0.363. The Bertz CT molecular complexity index is 998. The molecule has 6 nitrogen and oxygen atoms in total. The first kappa shape index (κ1) is 18.8. The Morgan fingerprint density at radius 2 is 2.21 bits per heavy atom. The largest absolute Gasteiger partial charge is 0.315 e. The minimum absolute atomic E-state index is 0.0509. The van der Waals surface area contributed by atoms with Gasteiger partial charge in [0.25, 0.3) is 0 Å². The van der Waals surface area contributed by atoms with E-state index in [-0.39, 0.29) is 23.6 Å². The first-order chi connectivity index (χ1) is 13.5. The number of anilines is 1. The number of carbonyl (C=O) groups is 1. The van der Waals surface area contributed by atoms with Crippen molar-refractivity contribution in [2.45, 2.75) is 19.3 Å². The zero-order valence-electron chi connectivity index (χ0n) is 15.8. The predicted molar refractivity (Wildman–Crippen MR) is 107 cm³/mol. The van der Waals surface area contributed by atoms with Crippen molar-refractivity contribution < 1.29 is 9.18 Å². The molecule has 28 heavy (non-hydrogen) atoms. The number of carbonyl (C=O) groups excluding carboxylic acids is 1. The summed E-state index contributed by atoms with van der Waals surface area (Å²) in [6, 6.07) is 6.73. The Balaban J connectivity index is 1.47. The standard InChI is InChI=1S/C20H22FN5OS/c1-12-18(7-13-5-3-4-6-17(13)21)28-20(24-12)25-19(27)16-10-22-9-15(16)14-8-23-26(2)11-14/h3-6,8,11,15-16,22H,7,9-10H2,1-2H3,(H,24,25,27)/t15-,16+/m1/s1. The average Bonchev–Trinajstić information content (AvgIpc) is 3.37. The Labute approximate surface area is 166 Å². The maximum Gasteiger partial charge on any atom is 0.231 e. The zero-order chi connectivity index (χ0) is 19.7. The van der Waals surface area contributed by atoms with Crippen LogP contribution in [0.1, 0.15) is 27.6 Å². The van der Waals surface area contributed by atoms with Crippen molar-refractivity contribution in [3.63, 3.8) is 0 Å². The van der Waals surface area contributed by atoms with Gasteiger partial charge in [0.1, 0.15) is 5.82 Å². The molecule has 2 N–H and O–H groups in total. The molecule has 2 aromatic heterocycles. The smallest absolute Gasteiger partial charge is 0.231 e. The third-order valence-electron chi connectivity index (χ3n) is 5.14. The highest BCUT2D eigenvalue weighted by Gasteiger charge is 2.35. The Hall–Kier alpha value is -2.58. The molecule has 8 heteroatoms. The fourth-order valence-electron chi connectivity index (χ4n) is 3.59. The third kappa shape index (κ3) is 3.83. The van der Waals surface area contributed by atoms with Crippen molar-refractivity contribution in [1.82, 2.24) is 20.1 Å². The van der Waals surface area contributed by atoms with Gasteiger partial charge in [0, 0.05) is 43.5 Å². The molecule has 2 atom stereocenters. The Morgan fingerprint density at radius 1 is 1.39 bits per heavy atom. The van der Waals surface area contributed by atoms with Gasteiger partial charge in [-0.1, -0.05) is 18.2 Å². The van der Waals surface area contributed by atoms with Crippen LogP contribution in [0.25, 0.3) is 0 Å². The van der Waals surface area contributed by atoms with E-state index in [0.29, 0.717) is 23.7 Å². The molecule has 1 amide bonds. The van der Waals surface area contributed by atoms with E-state index in [4.69, 9.17) is 0 Å². The molecule has 146 valence electrons. The molecule has 0 spiro atoms. The Kier molecular flexibility index (Phi) is 5.23. The molecule has 0 unspecified atom stereocenters. The predicted octanol–water partition coefficient (Wildman–Crippen LogP) is 2.86. The van der Waals surface area contributed by atoms with Crippen LogP contribution in [-0.2, 0) is 18.3 Å². The van der Waals surface area contributed by atoms with Crippen molar-refractivity contribution >= 4 is 22.4 Å². The molecule has 1 saturated heterocycles. The summed E-state index contributed by atoms with van der Waals surface area (Å²) < 4.78 is 15.7. The number of benzene rings is 1. The molecule has 3 heterocycles. The number of halogens is 1. The van der Waals surface area contributed by atoms with Gasteiger partial charge in [0.15, 0.2) is 5.13 Å². The van der Waals surface area contributed by atoms with E-state index < -0.39 is 0 Å². The van der Waals surface area contributed by atoms with Gasteiger partial charge in [0.2, 0.25) is 5.91 Å². The van der Waals surface area contributed by atoms with Gasteiger partial charge < -0.3 is 10.6 Å². The number of aromatic nitrogens is 3. The molecular formula is C20H22FN5OS. The zero-order valence-corrected chi connectivity index (χ0v) is 16.6. The third-order valence-corrected chi connectivity index (χ3v) is 6.21. The van der Waals surface area contributed by atoms with Crippen molar-refractivity contribution in [1.29, 1.82) is 0 Å². The maximum absolute atomic E-state index is 13.9. The molecule has 1 fully saturated rings. The van der Waals surface area contributed by atoms with Crippen molar-refractivity contribution in [2.24, 2.45) is 13.0 Å². The summed E-state index contributed by atoms with van der Waals surface area (Å²) in [4.78, 5) is 18.3. The lowest BCUT2D eigenvalue weighted by Gasteiger charge is -2.15. The molecule has 0 radical (unpaired) electrons. The second-order valence-electron chi connectivity index (χ2n) is 7.10. The molecule has 1 aliphatic heterocycles. The molecule has 1 aliphatic rings. The molecule has 4 rings (SSSR count). The van der Waals surface area contributed by atoms with Crippen LogP contribution in [0.15, 0.2) is 36.7 Å². The van der Waals surface area contributed by atoms with Crippen molar-refractivity contribution in [3.8, 4) is 0 Å². The average molecular weight is 399 g/mol. The van der Waals surface area contributed by atoms with Gasteiger partial charge in [0.05, 0.1) is 17.8 Å². The quantitative estimate of drug-likeness (QED) is 0.692. The number of nitrogens with zero attached hydrogens (tertiary/aromatic N) is 3. The van der Waals surface area contributed by atoms with E-state index in [1.807, 2.05) is 32.4 Å². The van der Waals surface area contributed by atoms with Gasteiger partial charge in [-0.15, -0.1) is 11.3 Å². The monoisotopic (exact) mass is 399 g/mol. The fraction of sp³-hybridized carbons (Fsp3) is 0.350. The van der Waals surface area contributed by atoms with Crippen LogP contribution in [0.4, 0.5) is 9.52 Å². The van der Waals surface area contributed by atoms with Crippen molar-refractivity contribution in [3.05, 3.63) is 64.2 Å². The van der Waals surface area contributed by atoms with Crippen LogP contribution in [0.3, 0.4) is 0 Å². The minimum Gasteiger partial charge on any atom is -0.315 e. The second kappa shape index (κ2) is 7.81. The van der Waals surface area contributed by atoms with Gasteiger partial charge in [-0.05, 0) is 24.1 Å². The fourth-order valence-corrected chi connectivity index (χ4v) is 4.58. The summed E-state index contributed by atoms with van der Waals surface area (Å²) in [7, 11) is 1.87. The number of nitrogens with one attached hydrogen (secondary N) is 2. The number of amides is 1. The lowest BCUT2D eigenvalue weighted by molar-refractivity contribution is -0.119. The van der Waals surface area contributed by atoms with E-state index in [2.05, 4.69) is 20.7 Å². The summed E-state index contributed by atoms with van der Waals surface area (Å²) in [5.41, 5.74) is 2.50. The number of hydrogen-bond donors (Lipinski definition) is 2. The first-order valence-corrected chi connectivity index (χ1v) is 10.0. The number of aryl methyl sites for hydroxylation is 2. The van der Waals surface area contributed by atoms with E-state index >= 15 is 0 Å². The molecular weight excluding hydrogens is 377 g/mol. The normalized spacial score (nSPS) is 19.1. The lowest BCUT2D eigenvalue weighted by atomic mass is 9.90. The van der Waals surface area contributed by atoms with E-state index in [9.17, 15) is 9.18 Å². The highest BCUT2D eigenvalue weighted by molar-refractivity contribution is 7.15. The van der Waals surface area contributed by atoms with E-state index in [1.165, 1.54) is 17.4 Å². The summed E-state index contributed by atoms with van der Waals surface area (Å²) in [6.45, 7) is 3.26. The minimum atomic E-state index is -0.225. The van der Waals surface area contributed by atoms with Crippen LogP contribution in [0, 0.1) is 18.7 Å².